The van der Waals surface area contributed by atoms with Gasteiger partial charge in [0.1, 0.15) is 17.4 Å². The first-order chi connectivity index (χ1) is 9.81. The van der Waals surface area contributed by atoms with Crippen molar-refractivity contribution in [3.8, 4) is 6.07 Å². The molecule has 20 heavy (non-hydrogen) atoms. The molecule has 2 rings (SSSR count). The molecule has 0 unspecified atom stereocenters. The Bertz CT molecular complexity index is 464. The largest absolute Gasteiger partial charge is 0.384 e. The smallest absolute Gasteiger partial charge is 0.143 e. The quantitative estimate of drug-likeness (QED) is 0.803. The molecule has 0 radical (unpaired) electrons. The van der Waals surface area contributed by atoms with Gasteiger partial charge in [-0.25, -0.2) is 4.39 Å². The van der Waals surface area contributed by atoms with Crippen LogP contribution in [0.25, 0.3) is 0 Å². The molecule has 1 N–H and O–H groups in total. The monoisotopic (exact) mass is 276 g/mol. The normalized spacial score (nSPS) is 15.8. The van der Waals surface area contributed by atoms with E-state index in [0.717, 1.165) is 13.0 Å². The number of anilines is 1. The zero-order valence-electron chi connectivity index (χ0n) is 11.7. The van der Waals surface area contributed by atoms with E-state index in [0.29, 0.717) is 18.3 Å². The third-order valence-corrected chi connectivity index (χ3v) is 3.67. The predicted molar refractivity (Wildman–Crippen MR) is 77.0 cm³/mol. The fourth-order valence-electron chi connectivity index (χ4n) is 2.56. The Hall–Kier alpha value is -1.60. The number of benzene rings is 1. The van der Waals surface area contributed by atoms with E-state index in [4.69, 9.17) is 10.00 Å². The van der Waals surface area contributed by atoms with Crippen LogP contribution in [0, 0.1) is 17.1 Å². The van der Waals surface area contributed by atoms with Gasteiger partial charge in [0.25, 0.3) is 0 Å². The van der Waals surface area contributed by atoms with E-state index in [2.05, 4.69) is 5.32 Å². The molecular weight excluding hydrogens is 255 g/mol. The minimum atomic E-state index is -0.476. The summed E-state index contributed by atoms with van der Waals surface area (Å²) in [6, 6.07) is 6.52. The lowest BCUT2D eigenvalue weighted by molar-refractivity contribution is 0.0284. The van der Waals surface area contributed by atoms with Crippen LogP contribution in [0.5, 0.6) is 0 Å². The second kappa shape index (κ2) is 7.86. The number of hydrogen-bond acceptors (Lipinski definition) is 3. The lowest BCUT2D eigenvalue weighted by Crippen LogP contribution is -2.18. The van der Waals surface area contributed by atoms with E-state index in [1.807, 2.05) is 6.07 Å². The molecule has 1 aliphatic rings. The van der Waals surface area contributed by atoms with Gasteiger partial charge in [0.05, 0.1) is 11.8 Å². The Morgan fingerprint density at radius 3 is 2.85 bits per heavy atom. The van der Waals surface area contributed by atoms with Crippen LogP contribution in [0.3, 0.4) is 0 Å². The summed E-state index contributed by atoms with van der Waals surface area (Å²) in [4.78, 5) is 0. The molecule has 1 fully saturated rings. The molecule has 1 aromatic carbocycles. The summed E-state index contributed by atoms with van der Waals surface area (Å²) >= 11 is 0. The average Bonchev–Trinajstić information content (AvgIpc) is 2.48. The Balaban J connectivity index is 1.68. The van der Waals surface area contributed by atoms with Crippen LogP contribution in [0.2, 0.25) is 0 Å². The number of ether oxygens (including phenoxy) is 1. The molecule has 1 aromatic rings. The van der Waals surface area contributed by atoms with Crippen molar-refractivity contribution >= 4 is 5.69 Å². The number of nitrogens with one attached hydrogen (secondary N) is 1. The first-order valence-corrected chi connectivity index (χ1v) is 7.35. The van der Waals surface area contributed by atoms with Crippen molar-refractivity contribution in [2.75, 3.05) is 18.5 Å². The van der Waals surface area contributed by atoms with Gasteiger partial charge in [0, 0.05) is 13.2 Å². The second-order valence-electron chi connectivity index (χ2n) is 5.19. The zero-order chi connectivity index (χ0) is 14.2. The summed E-state index contributed by atoms with van der Waals surface area (Å²) in [5, 5.41) is 12.0. The summed E-state index contributed by atoms with van der Waals surface area (Å²) in [5.41, 5.74) is 0.644. The van der Waals surface area contributed by atoms with E-state index >= 15 is 0 Å². The SMILES string of the molecule is N#Cc1c(F)cccc1NCCCOC1CCCCC1. The highest BCUT2D eigenvalue weighted by Crippen LogP contribution is 2.20. The summed E-state index contributed by atoms with van der Waals surface area (Å²) < 4.78 is 19.2. The topological polar surface area (TPSA) is 45.0 Å². The molecule has 0 spiro atoms. The Morgan fingerprint density at radius 2 is 2.10 bits per heavy atom. The Morgan fingerprint density at radius 1 is 1.30 bits per heavy atom. The molecule has 0 aliphatic heterocycles. The van der Waals surface area contributed by atoms with Crippen molar-refractivity contribution in [1.29, 1.82) is 5.26 Å². The lowest BCUT2D eigenvalue weighted by atomic mass is 9.98. The molecule has 3 nitrogen and oxygen atoms in total. The maximum absolute atomic E-state index is 13.4. The molecule has 0 aromatic heterocycles. The first kappa shape index (κ1) is 14.8. The van der Waals surface area contributed by atoms with E-state index in [1.165, 1.54) is 38.2 Å². The molecule has 0 heterocycles. The zero-order valence-corrected chi connectivity index (χ0v) is 11.7. The van der Waals surface area contributed by atoms with Crippen LogP contribution < -0.4 is 5.32 Å². The minimum absolute atomic E-state index is 0.0840. The van der Waals surface area contributed by atoms with Gasteiger partial charge in [-0.2, -0.15) is 5.26 Å². The van der Waals surface area contributed by atoms with Gasteiger partial charge in [0.2, 0.25) is 0 Å². The highest BCUT2D eigenvalue weighted by atomic mass is 19.1. The van der Waals surface area contributed by atoms with Gasteiger partial charge in [-0.15, -0.1) is 0 Å². The van der Waals surface area contributed by atoms with E-state index < -0.39 is 5.82 Å². The number of halogens is 1. The predicted octanol–water partition coefficient (Wildman–Crippen LogP) is 3.85. The van der Waals surface area contributed by atoms with Crippen LogP contribution in [-0.2, 0) is 4.74 Å². The van der Waals surface area contributed by atoms with Crippen LogP contribution in [0.1, 0.15) is 44.1 Å². The lowest BCUT2D eigenvalue weighted by Gasteiger charge is -2.22. The third kappa shape index (κ3) is 4.21. The maximum atomic E-state index is 13.4. The van der Waals surface area contributed by atoms with E-state index in [-0.39, 0.29) is 5.56 Å². The van der Waals surface area contributed by atoms with Gasteiger partial charge in [-0.3, -0.25) is 0 Å². The van der Waals surface area contributed by atoms with E-state index in [9.17, 15) is 4.39 Å². The molecule has 108 valence electrons. The molecule has 4 heteroatoms. The van der Waals surface area contributed by atoms with Crippen LogP contribution in [0.4, 0.5) is 10.1 Å². The van der Waals surface area contributed by atoms with Gasteiger partial charge in [-0.1, -0.05) is 25.3 Å². The van der Waals surface area contributed by atoms with Crippen molar-refractivity contribution in [3.05, 3.63) is 29.6 Å². The molecule has 1 aliphatic carbocycles. The highest BCUT2D eigenvalue weighted by Gasteiger charge is 2.13. The minimum Gasteiger partial charge on any atom is -0.384 e. The van der Waals surface area contributed by atoms with Crippen molar-refractivity contribution in [1.82, 2.24) is 0 Å². The summed E-state index contributed by atoms with van der Waals surface area (Å²) in [5.74, 6) is -0.476. The third-order valence-electron chi connectivity index (χ3n) is 3.67. The first-order valence-electron chi connectivity index (χ1n) is 7.35. The summed E-state index contributed by atoms with van der Waals surface area (Å²) in [7, 11) is 0. The number of nitriles is 1. The fraction of sp³-hybridized carbons (Fsp3) is 0.562. The molecule has 0 saturated heterocycles. The van der Waals surface area contributed by atoms with Gasteiger partial charge < -0.3 is 10.1 Å². The van der Waals surface area contributed by atoms with Crippen LogP contribution >= 0.6 is 0 Å². The molecular formula is C16H21FN2O. The average molecular weight is 276 g/mol. The summed E-state index contributed by atoms with van der Waals surface area (Å²) in [6.45, 7) is 1.40. The number of rotatable bonds is 6. The highest BCUT2D eigenvalue weighted by molar-refractivity contribution is 5.57. The Labute approximate surface area is 119 Å². The summed E-state index contributed by atoms with van der Waals surface area (Å²) in [6.07, 6.45) is 7.52. The van der Waals surface area contributed by atoms with Crippen molar-refractivity contribution in [2.45, 2.75) is 44.6 Å². The number of hydrogen-bond donors (Lipinski definition) is 1. The maximum Gasteiger partial charge on any atom is 0.143 e. The van der Waals surface area contributed by atoms with Crippen molar-refractivity contribution in [2.24, 2.45) is 0 Å². The molecule has 0 amide bonds. The second-order valence-corrected chi connectivity index (χ2v) is 5.19. The molecule has 0 atom stereocenters. The molecule has 1 saturated carbocycles. The van der Waals surface area contributed by atoms with Crippen molar-refractivity contribution in [3.63, 3.8) is 0 Å². The Kier molecular flexibility index (Phi) is 5.82. The van der Waals surface area contributed by atoms with Crippen LogP contribution in [-0.4, -0.2) is 19.3 Å². The molecule has 0 bridgehead atoms. The standard InChI is InChI=1S/C16H21FN2O/c17-15-8-4-9-16(14(15)12-18)19-10-5-11-20-13-6-2-1-3-7-13/h4,8-9,13,19H,1-3,5-7,10-11H2. The number of nitrogens with zero attached hydrogens (tertiary/aromatic N) is 1. The van der Waals surface area contributed by atoms with Crippen LogP contribution in [0.15, 0.2) is 18.2 Å². The van der Waals surface area contributed by atoms with Crippen molar-refractivity contribution < 1.29 is 9.13 Å². The van der Waals surface area contributed by atoms with Gasteiger partial charge in [-0.05, 0) is 31.4 Å². The van der Waals surface area contributed by atoms with Gasteiger partial charge in [0.15, 0.2) is 0 Å². The van der Waals surface area contributed by atoms with E-state index in [1.54, 1.807) is 12.1 Å². The fourth-order valence-corrected chi connectivity index (χ4v) is 2.56. The van der Waals surface area contributed by atoms with Gasteiger partial charge >= 0.3 is 0 Å².